The molecule has 0 atom stereocenters. The summed E-state index contributed by atoms with van der Waals surface area (Å²) in [5, 5.41) is 7.10. The summed E-state index contributed by atoms with van der Waals surface area (Å²) in [5.41, 5.74) is 1.33. The molecule has 0 bridgehead atoms. The molecule has 0 unspecified atom stereocenters. The van der Waals surface area contributed by atoms with Crippen LogP contribution in [0, 0.1) is 0 Å². The molecular formula is C19H16ClN3O4. The fraction of sp³-hybridized carbons (Fsp3) is 0.158. The Morgan fingerprint density at radius 3 is 2.67 bits per heavy atom. The molecule has 0 fully saturated rings. The Morgan fingerprint density at radius 2 is 1.89 bits per heavy atom. The van der Waals surface area contributed by atoms with Gasteiger partial charge in [-0.3, -0.25) is 4.79 Å². The molecule has 7 nitrogen and oxygen atoms in total. The van der Waals surface area contributed by atoms with E-state index in [1.807, 2.05) is 12.1 Å². The van der Waals surface area contributed by atoms with Crippen molar-refractivity contribution in [2.24, 2.45) is 0 Å². The summed E-state index contributed by atoms with van der Waals surface area (Å²) in [4.78, 5) is 28.2. The van der Waals surface area contributed by atoms with Crippen LogP contribution >= 0.6 is 11.6 Å². The van der Waals surface area contributed by atoms with Gasteiger partial charge in [-0.1, -0.05) is 41.0 Å². The van der Waals surface area contributed by atoms with Gasteiger partial charge in [0.05, 0.1) is 23.4 Å². The third-order valence-electron chi connectivity index (χ3n) is 3.76. The number of para-hydroxylation sites is 1. The number of nitrogens with one attached hydrogen (secondary N) is 1. The zero-order chi connectivity index (χ0) is 19.2. The number of carbonyl (C=O) groups is 2. The first-order valence-corrected chi connectivity index (χ1v) is 8.51. The van der Waals surface area contributed by atoms with Crippen molar-refractivity contribution in [1.82, 2.24) is 10.1 Å². The van der Waals surface area contributed by atoms with E-state index in [9.17, 15) is 9.59 Å². The van der Waals surface area contributed by atoms with E-state index >= 15 is 0 Å². The number of halogens is 1. The maximum absolute atomic E-state index is 12.2. The molecule has 1 aromatic heterocycles. The number of benzene rings is 2. The average molecular weight is 386 g/mol. The van der Waals surface area contributed by atoms with Crippen LogP contribution in [-0.2, 0) is 16.0 Å². The van der Waals surface area contributed by atoms with E-state index in [0.29, 0.717) is 28.0 Å². The predicted molar refractivity (Wildman–Crippen MR) is 99.5 cm³/mol. The molecule has 0 radical (unpaired) electrons. The van der Waals surface area contributed by atoms with Crippen LogP contribution in [0.3, 0.4) is 0 Å². The van der Waals surface area contributed by atoms with Crippen LogP contribution in [0.5, 0.6) is 0 Å². The summed E-state index contributed by atoms with van der Waals surface area (Å²) in [7, 11) is 1.28. The second kappa shape index (κ2) is 8.46. The Balaban J connectivity index is 1.62. The van der Waals surface area contributed by atoms with E-state index in [0.717, 1.165) is 0 Å². The van der Waals surface area contributed by atoms with Crippen molar-refractivity contribution in [2.45, 2.75) is 12.8 Å². The van der Waals surface area contributed by atoms with E-state index in [-0.39, 0.29) is 24.3 Å². The number of rotatable bonds is 6. The molecule has 27 heavy (non-hydrogen) atoms. The van der Waals surface area contributed by atoms with Gasteiger partial charge in [-0.2, -0.15) is 4.98 Å². The van der Waals surface area contributed by atoms with Crippen molar-refractivity contribution in [1.29, 1.82) is 0 Å². The molecule has 0 saturated carbocycles. The Morgan fingerprint density at radius 1 is 1.15 bits per heavy atom. The monoisotopic (exact) mass is 385 g/mol. The second-order valence-electron chi connectivity index (χ2n) is 5.58. The molecule has 8 heteroatoms. The molecule has 3 rings (SSSR count). The van der Waals surface area contributed by atoms with E-state index in [1.165, 1.54) is 7.11 Å². The Kier molecular flexibility index (Phi) is 5.83. The first-order valence-electron chi connectivity index (χ1n) is 8.13. The van der Waals surface area contributed by atoms with E-state index < -0.39 is 5.97 Å². The number of amides is 1. The number of nitrogens with zero attached hydrogens (tertiary/aromatic N) is 2. The van der Waals surface area contributed by atoms with Crippen LogP contribution in [-0.4, -0.2) is 29.1 Å². The van der Waals surface area contributed by atoms with Crippen molar-refractivity contribution in [3.8, 4) is 11.4 Å². The summed E-state index contributed by atoms with van der Waals surface area (Å²) < 4.78 is 9.89. The smallest absolute Gasteiger partial charge is 0.339 e. The standard InChI is InChI=1S/C19H16ClN3O4/c1-26-19(25)13-7-3-5-9-15(13)21-16(24)10-11-17-22-18(23-27-17)12-6-2-4-8-14(12)20/h2-9H,10-11H2,1H3,(H,21,24). The van der Waals surface area contributed by atoms with E-state index in [1.54, 1.807) is 36.4 Å². The highest BCUT2D eigenvalue weighted by Gasteiger charge is 2.15. The lowest BCUT2D eigenvalue weighted by atomic mass is 10.1. The van der Waals surface area contributed by atoms with Gasteiger partial charge in [-0.05, 0) is 24.3 Å². The summed E-state index contributed by atoms with van der Waals surface area (Å²) in [5.74, 6) is -0.121. The topological polar surface area (TPSA) is 94.3 Å². The highest BCUT2D eigenvalue weighted by molar-refractivity contribution is 6.33. The number of hydrogen-bond acceptors (Lipinski definition) is 6. The highest BCUT2D eigenvalue weighted by atomic mass is 35.5. The lowest BCUT2D eigenvalue weighted by molar-refractivity contribution is -0.116. The summed E-state index contributed by atoms with van der Waals surface area (Å²) >= 11 is 6.11. The minimum atomic E-state index is -0.521. The van der Waals surface area contributed by atoms with Crippen molar-refractivity contribution < 1.29 is 18.8 Å². The van der Waals surface area contributed by atoms with Gasteiger partial charge in [-0.25, -0.2) is 4.79 Å². The van der Waals surface area contributed by atoms with Gasteiger partial charge < -0.3 is 14.6 Å². The van der Waals surface area contributed by atoms with Gasteiger partial charge in [-0.15, -0.1) is 0 Å². The molecule has 1 heterocycles. The average Bonchev–Trinajstić information content (AvgIpc) is 3.15. The fourth-order valence-corrected chi connectivity index (χ4v) is 2.64. The Bertz CT molecular complexity index is 971. The largest absolute Gasteiger partial charge is 0.465 e. The van der Waals surface area contributed by atoms with Gasteiger partial charge in [0.25, 0.3) is 0 Å². The summed E-state index contributed by atoms with van der Waals surface area (Å²) in [6.45, 7) is 0. The lowest BCUT2D eigenvalue weighted by Crippen LogP contribution is -2.15. The zero-order valence-corrected chi connectivity index (χ0v) is 15.2. The van der Waals surface area contributed by atoms with Crippen molar-refractivity contribution in [3.63, 3.8) is 0 Å². The third kappa shape index (κ3) is 4.51. The first kappa shape index (κ1) is 18.6. The summed E-state index contributed by atoms with van der Waals surface area (Å²) in [6.07, 6.45) is 0.364. The van der Waals surface area contributed by atoms with E-state index in [2.05, 4.69) is 15.5 Å². The Hall–Kier alpha value is -3.19. The van der Waals surface area contributed by atoms with Gasteiger partial charge in [0.2, 0.25) is 17.6 Å². The lowest BCUT2D eigenvalue weighted by Gasteiger charge is -2.08. The maximum atomic E-state index is 12.2. The molecule has 1 N–H and O–H groups in total. The molecule has 3 aromatic rings. The van der Waals surface area contributed by atoms with Crippen LogP contribution in [0.25, 0.3) is 11.4 Å². The van der Waals surface area contributed by atoms with Crippen molar-refractivity contribution in [3.05, 3.63) is 65.0 Å². The molecule has 2 aromatic carbocycles. The number of methoxy groups -OCH3 is 1. The minimum Gasteiger partial charge on any atom is -0.465 e. The van der Waals surface area contributed by atoms with Gasteiger partial charge in [0.15, 0.2) is 0 Å². The van der Waals surface area contributed by atoms with Crippen LogP contribution in [0.15, 0.2) is 53.1 Å². The number of esters is 1. The molecule has 0 saturated heterocycles. The molecule has 0 aliphatic heterocycles. The zero-order valence-electron chi connectivity index (χ0n) is 14.4. The molecule has 0 aliphatic rings. The maximum Gasteiger partial charge on any atom is 0.339 e. The second-order valence-corrected chi connectivity index (χ2v) is 5.98. The van der Waals surface area contributed by atoms with Gasteiger partial charge in [0.1, 0.15) is 0 Å². The number of ether oxygens (including phenoxy) is 1. The van der Waals surface area contributed by atoms with Crippen LogP contribution < -0.4 is 5.32 Å². The number of aryl methyl sites for hydroxylation is 1. The highest BCUT2D eigenvalue weighted by Crippen LogP contribution is 2.25. The number of carbonyl (C=O) groups excluding carboxylic acids is 2. The van der Waals surface area contributed by atoms with E-state index in [4.69, 9.17) is 20.9 Å². The van der Waals surface area contributed by atoms with Crippen LogP contribution in [0.1, 0.15) is 22.7 Å². The predicted octanol–water partition coefficient (Wildman–Crippen LogP) is 3.75. The third-order valence-corrected chi connectivity index (χ3v) is 4.08. The minimum absolute atomic E-state index is 0.111. The summed E-state index contributed by atoms with van der Waals surface area (Å²) in [6, 6.07) is 13.8. The van der Waals surface area contributed by atoms with Crippen LogP contribution in [0.4, 0.5) is 5.69 Å². The Labute approximate surface area is 160 Å². The first-order chi connectivity index (χ1) is 13.1. The molecule has 0 spiro atoms. The van der Waals surface area contributed by atoms with Gasteiger partial charge in [0, 0.05) is 18.4 Å². The number of anilines is 1. The number of hydrogen-bond donors (Lipinski definition) is 1. The SMILES string of the molecule is COC(=O)c1ccccc1NC(=O)CCc1nc(-c2ccccc2Cl)no1. The quantitative estimate of drug-likeness (QED) is 0.649. The molecule has 138 valence electrons. The van der Waals surface area contributed by atoms with Gasteiger partial charge >= 0.3 is 5.97 Å². The molecular weight excluding hydrogens is 370 g/mol. The fourth-order valence-electron chi connectivity index (χ4n) is 2.42. The molecule has 1 amide bonds. The number of aromatic nitrogens is 2. The normalized spacial score (nSPS) is 10.4. The van der Waals surface area contributed by atoms with Crippen molar-refractivity contribution in [2.75, 3.05) is 12.4 Å². The van der Waals surface area contributed by atoms with Crippen LogP contribution in [0.2, 0.25) is 5.02 Å². The van der Waals surface area contributed by atoms with Crippen molar-refractivity contribution >= 4 is 29.2 Å². The molecule has 0 aliphatic carbocycles.